The van der Waals surface area contributed by atoms with E-state index < -0.39 is 6.10 Å². The molecule has 16 heavy (non-hydrogen) atoms. The molecule has 1 aromatic rings. The first-order valence-electron chi connectivity index (χ1n) is 5.21. The number of aliphatic hydroxyl groups excluding tert-OH is 1. The largest absolute Gasteiger partial charge is 0.389 e. The quantitative estimate of drug-likeness (QED) is 0.712. The summed E-state index contributed by atoms with van der Waals surface area (Å²) in [6.45, 7) is 1.22. The van der Waals surface area contributed by atoms with Gasteiger partial charge in [-0.2, -0.15) is 0 Å². The maximum absolute atomic E-state index is 9.59. The van der Waals surface area contributed by atoms with Crippen molar-refractivity contribution in [1.82, 2.24) is 4.98 Å². The number of anilines is 1. The SMILES string of the molecule is COCC(O)CN(C)c1cccc(CN)n1. The number of nitrogens with two attached hydrogens (primary N) is 1. The van der Waals surface area contributed by atoms with Gasteiger partial charge in [0.2, 0.25) is 0 Å². The van der Waals surface area contributed by atoms with Gasteiger partial charge in [0.15, 0.2) is 0 Å². The smallest absolute Gasteiger partial charge is 0.128 e. The van der Waals surface area contributed by atoms with Crippen LogP contribution in [-0.2, 0) is 11.3 Å². The summed E-state index contributed by atoms with van der Waals surface area (Å²) < 4.78 is 4.87. The molecule has 0 aliphatic carbocycles. The third kappa shape index (κ3) is 3.77. The lowest BCUT2D eigenvalue weighted by Gasteiger charge is -2.21. The van der Waals surface area contributed by atoms with E-state index in [0.717, 1.165) is 11.5 Å². The Kier molecular flexibility index (Phi) is 5.18. The molecule has 1 heterocycles. The molecule has 0 aromatic carbocycles. The summed E-state index contributed by atoms with van der Waals surface area (Å²) in [7, 11) is 3.44. The Bertz CT molecular complexity index is 320. The third-order valence-corrected chi connectivity index (χ3v) is 2.24. The lowest BCUT2D eigenvalue weighted by atomic mass is 10.3. The molecule has 1 atom stereocenters. The van der Waals surface area contributed by atoms with Gasteiger partial charge in [0.05, 0.1) is 18.4 Å². The molecule has 0 aliphatic heterocycles. The molecular weight excluding hydrogens is 206 g/mol. The Morgan fingerprint density at radius 1 is 1.56 bits per heavy atom. The molecule has 0 aliphatic rings. The van der Waals surface area contributed by atoms with Crippen molar-refractivity contribution in [2.24, 2.45) is 5.73 Å². The van der Waals surface area contributed by atoms with Crippen molar-refractivity contribution in [2.45, 2.75) is 12.6 Å². The van der Waals surface area contributed by atoms with Crippen molar-refractivity contribution in [2.75, 3.05) is 32.2 Å². The Balaban J connectivity index is 2.61. The highest BCUT2D eigenvalue weighted by molar-refractivity contribution is 5.38. The number of pyridine rings is 1. The van der Waals surface area contributed by atoms with Gasteiger partial charge in [0.25, 0.3) is 0 Å². The average Bonchev–Trinajstić information content (AvgIpc) is 2.29. The maximum Gasteiger partial charge on any atom is 0.128 e. The summed E-state index contributed by atoms with van der Waals surface area (Å²) in [6, 6.07) is 5.67. The van der Waals surface area contributed by atoms with Crippen LogP contribution in [0.1, 0.15) is 5.69 Å². The van der Waals surface area contributed by atoms with Crippen LogP contribution >= 0.6 is 0 Å². The highest BCUT2D eigenvalue weighted by Crippen LogP contribution is 2.09. The molecule has 5 heteroatoms. The van der Waals surface area contributed by atoms with Crippen LogP contribution in [0.15, 0.2) is 18.2 Å². The first kappa shape index (κ1) is 12.9. The number of aliphatic hydroxyl groups is 1. The van der Waals surface area contributed by atoms with Crippen molar-refractivity contribution < 1.29 is 9.84 Å². The fourth-order valence-electron chi connectivity index (χ4n) is 1.45. The first-order valence-corrected chi connectivity index (χ1v) is 5.21. The molecule has 3 N–H and O–H groups in total. The standard InChI is InChI=1S/C11H19N3O2/c1-14(7-10(15)8-16-2)11-5-3-4-9(6-12)13-11/h3-5,10,15H,6-8,12H2,1-2H3. The van der Waals surface area contributed by atoms with Crippen LogP contribution in [-0.4, -0.2) is 43.5 Å². The molecule has 0 bridgehead atoms. The number of nitrogens with zero attached hydrogens (tertiary/aromatic N) is 2. The van der Waals surface area contributed by atoms with E-state index in [1.807, 2.05) is 30.1 Å². The molecule has 0 fully saturated rings. The first-order chi connectivity index (χ1) is 7.67. The van der Waals surface area contributed by atoms with E-state index >= 15 is 0 Å². The Morgan fingerprint density at radius 3 is 2.94 bits per heavy atom. The third-order valence-electron chi connectivity index (χ3n) is 2.24. The number of methoxy groups -OCH3 is 1. The molecule has 1 unspecified atom stereocenters. The van der Waals surface area contributed by atoms with Crippen LogP contribution in [0.5, 0.6) is 0 Å². The Morgan fingerprint density at radius 2 is 2.31 bits per heavy atom. The summed E-state index contributed by atoms with van der Waals surface area (Å²) in [6.07, 6.45) is -0.515. The molecule has 5 nitrogen and oxygen atoms in total. The number of aromatic nitrogens is 1. The molecule has 1 rings (SSSR count). The molecule has 0 amide bonds. The minimum Gasteiger partial charge on any atom is -0.389 e. The zero-order valence-electron chi connectivity index (χ0n) is 9.76. The molecule has 90 valence electrons. The van der Waals surface area contributed by atoms with E-state index in [-0.39, 0.29) is 0 Å². The van der Waals surface area contributed by atoms with Gasteiger partial charge in [-0.15, -0.1) is 0 Å². The second kappa shape index (κ2) is 6.42. The molecule has 0 saturated carbocycles. The lowest BCUT2D eigenvalue weighted by Crippen LogP contribution is -2.32. The fourth-order valence-corrected chi connectivity index (χ4v) is 1.45. The van der Waals surface area contributed by atoms with Crippen LogP contribution in [0.3, 0.4) is 0 Å². The van der Waals surface area contributed by atoms with Gasteiger partial charge in [0.1, 0.15) is 5.82 Å². The van der Waals surface area contributed by atoms with Crippen molar-refractivity contribution in [3.8, 4) is 0 Å². The molecule has 0 radical (unpaired) electrons. The van der Waals surface area contributed by atoms with Crippen LogP contribution < -0.4 is 10.6 Å². The Hall–Kier alpha value is -1.17. The van der Waals surface area contributed by atoms with Crippen molar-refractivity contribution in [3.63, 3.8) is 0 Å². The van der Waals surface area contributed by atoms with Gasteiger partial charge in [0, 0.05) is 27.2 Å². The van der Waals surface area contributed by atoms with Gasteiger partial charge >= 0.3 is 0 Å². The second-order valence-electron chi connectivity index (χ2n) is 3.68. The fraction of sp³-hybridized carbons (Fsp3) is 0.545. The highest BCUT2D eigenvalue weighted by atomic mass is 16.5. The van der Waals surface area contributed by atoms with E-state index in [9.17, 15) is 5.11 Å². The minimum absolute atomic E-state index is 0.320. The summed E-state index contributed by atoms with van der Waals surface area (Å²) in [5.74, 6) is 0.804. The van der Waals surface area contributed by atoms with Gasteiger partial charge < -0.3 is 20.5 Å². The molecule has 0 spiro atoms. The molecule has 1 aromatic heterocycles. The van der Waals surface area contributed by atoms with Crippen LogP contribution in [0.25, 0.3) is 0 Å². The molecular formula is C11H19N3O2. The van der Waals surface area contributed by atoms with Gasteiger partial charge in [-0.05, 0) is 12.1 Å². The van der Waals surface area contributed by atoms with Crippen molar-refractivity contribution in [1.29, 1.82) is 0 Å². The summed E-state index contributed by atoms with van der Waals surface area (Å²) in [5, 5.41) is 9.59. The summed E-state index contributed by atoms with van der Waals surface area (Å²) in [4.78, 5) is 6.23. The average molecular weight is 225 g/mol. The number of rotatable bonds is 6. The number of ether oxygens (including phenoxy) is 1. The van der Waals surface area contributed by atoms with Gasteiger partial charge in [-0.1, -0.05) is 6.07 Å². The summed E-state index contributed by atoms with van der Waals surface area (Å²) in [5.41, 5.74) is 6.36. The topological polar surface area (TPSA) is 71.6 Å². The maximum atomic E-state index is 9.59. The predicted molar refractivity (Wildman–Crippen MR) is 63.3 cm³/mol. The van der Waals surface area contributed by atoms with Gasteiger partial charge in [-0.3, -0.25) is 0 Å². The normalized spacial score (nSPS) is 12.5. The number of likely N-dealkylation sites (N-methyl/N-ethyl adjacent to an activating group) is 1. The number of hydrogen-bond donors (Lipinski definition) is 2. The zero-order chi connectivity index (χ0) is 12.0. The van der Waals surface area contributed by atoms with Crippen molar-refractivity contribution in [3.05, 3.63) is 23.9 Å². The van der Waals surface area contributed by atoms with Crippen LogP contribution in [0.2, 0.25) is 0 Å². The Labute approximate surface area is 95.8 Å². The molecule has 0 saturated heterocycles. The zero-order valence-corrected chi connectivity index (χ0v) is 9.76. The van der Waals surface area contributed by atoms with E-state index in [1.54, 1.807) is 7.11 Å². The summed E-state index contributed by atoms with van der Waals surface area (Å²) >= 11 is 0. The van der Waals surface area contributed by atoms with Crippen LogP contribution in [0.4, 0.5) is 5.82 Å². The monoisotopic (exact) mass is 225 g/mol. The van der Waals surface area contributed by atoms with Gasteiger partial charge in [-0.25, -0.2) is 4.98 Å². The van der Waals surface area contributed by atoms with E-state index in [2.05, 4.69) is 4.98 Å². The highest BCUT2D eigenvalue weighted by Gasteiger charge is 2.09. The van der Waals surface area contributed by atoms with E-state index in [4.69, 9.17) is 10.5 Å². The van der Waals surface area contributed by atoms with Crippen molar-refractivity contribution >= 4 is 5.82 Å². The van der Waals surface area contributed by atoms with E-state index in [0.29, 0.717) is 19.7 Å². The lowest BCUT2D eigenvalue weighted by molar-refractivity contribution is 0.0694. The number of hydrogen-bond acceptors (Lipinski definition) is 5. The van der Waals surface area contributed by atoms with Crippen LogP contribution in [0, 0.1) is 0 Å². The van der Waals surface area contributed by atoms with E-state index in [1.165, 1.54) is 0 Å². The predicted octanol–water partition coefficient (Wildman–Crippen LogP) is -0.0162. The minimum atomic E-state index is -0.515. The second-order valence-corrected chi connectivity index (χ2v) is 3.68.